The molecular formula is C15H13NO8. The molecule has 0 radical (unpaired) electrons. The van der Waals surface area contributed by atoms with Gasteiger partial charge in [0, 0.05) is 0 Å². The quantitative estimate of drug-likeness (QED) is 0.454. The standard InChI is InChI=1S/C15H13NO8/c1-3-21-13(18)11-16-10-6-5-8(7-9(10)12(17)24-11)23-15(20)14(19)22-4-2/h5-7H,3-4H2,1-2H3. The van der Waals surface area contributed by atoms with Crippen molar-refractivity contribution >= 4 is 28.8 Å². The molecule has 0 fully saturated rings. The van der Waals surface area contributed by atoms with E-state index in [9.17, 15) is 19.2 Å². The van der Waals surface area contributed by atoms with E-state index in [1.807, 2.05) is 0 Å². The minimum absolute atomic E-state index is 0.0236. The van der Waals surface area contributed by atoms with Crippen molar-refractivity contribution in [2.24, 2.45) is 0 Å². The molecule has 24 heavy (non-hydrogen) atoms. The summed E-state index contributed by atoms with van der Waals surface area (Å²) >= 11 is 0. The van der Waals surface area contributed by atoms with Crippen molar-refractivity contribution < 1.29 is 33.0 Å². The van der Waals surface area contributed by atoms with Crippen molar-refractivity contribution in [3.05, 3.63) is 34.5 Å². The third-order valence-electron chi connectivity index (χ3n) is 2.70. The number of benzene rings is 1. The van der Waals surface area contributed by atoms with Gasteiger partial charge in [-0.25, -0.2) is 24.2 Å². The van der Waals surface area contributed by atoms with E-state index >= 15 is 0 Å². The number of hydrogen-bond acceptors (Lipinski definition) is 9. The van der Waals surface area contributed by atoms with Gasteiger partial charge in [0.1, 0.15) is 5.75 Å². The van der Waals surface area contributed by atoms with Crippen LogP contribution in [0.2, 0.25) is 0 Å². The van der Waals surface area contributed by atoms with Crippen LogP contribution >= 0.6 is 0 Å². The van der Waals surface area contributed by atoms with Gasteiger partial charge in [0.2, 0.25) is 0 Å². The van der Waals surface area contributed by atoms with Gasteiger partial charge in [0.05, 0.1) is 24.1 Å². The lowest BCUT2D eigenvalue weighted by molar-refractivity contribution is -0.161. The van der Waals surface area contributed by atoms with Gasteiger partial charge in [-0.05, 0) is 32.0 Å². The molecular weight excluding hydrogens is 322 g/mol. The van der Waals surface area contributed by atoms with E-state index in [0.717, 1.165) is 0 Å². The average Bonchev–Trinajstić information content (AvgIpc) is 2.55. The third-order valence-corrected chi connectivity index (χ3v) is 2.70. The Morgan fingerprint density at radius 2 is 1.79 bits per heavy atom. The highest BCUT2D eigenvalue weighted by molar-refractivity contribution is 6.30. The Balaban J connectivity index is 2.32. The van der Waals surface area contributed by atoms with Crippen molar-refractivity contribution in [2.75, 3.05) is 13.2 Å². The zero-order valence-corrected chi connectivity index (χ0v) is 12.9. The Labute approximate surface area is 135 Å². The molecule has 0 aliphatic heterocycles. The second kappa shape index (κ2) is 7.36. The molecule has 0 saturated carbocycles. The summed E-state index contributed by atoms with van der Waals surface area (Å²) in [5, 5.41) is -0.0304. The molecule has 0 aliphatic carbocycles. The fourth-order valence-corrected chi connectivity index (χ4v) is 1.73. The third kappa shape index (κ3) is 3.75. The lowest BCUT2D eigenvalue weighted by atomic mass is 10.2. The molecule has 2 rings (SSSR count). The number of aromatic nitrogens is 1. The van der Waals surface area contributed by atoms with Gasteiger partial charge in [0.25, 0.3) is 0 Å². The van der Waals surface area contributed by atoms with Gasteiger partial charge in [-0.1, -0.05) is 0 Å². The Kier molecular flexibility index (Phi) is 5.25. The first-order chi connectivity index (χ1) is 11.5. The minimum atomic E-state index is -1.23. The Morgan fingerprint density at radius 1 is 1.08 bits per heavy atom. The summed E-state index contributed by atoms with van der Waals surface area (Å²) in [6, 6.07) is 3.81. The van der Waals surface area contributed by atoms with Crippen LogP contribution in [0.25, 0.3) is 10.9 Å². The number of carbonyl (C=O) groups excluding carboxylic acids is 3. The molecule has 0 saturated heterocycles. The van der Waals surface area contributed by atoms with E-state index in [-0.39, 0.29) is 29.9 Å². The van der Waals surface area contributed by atoms with Crippen LogP contribution in [-0.4, -0.2) is 36.1 Å². The Morgan fingerprint density at radius 3 is 2.46 bits per heavy atom. The maximum absolute atomic E-state index is 11.9. The van der Waals surface area contributed by atoms with Crippen molar-refractivity contribution in [1.29, 1.82) is 0 Å². The van der Waals surface area contributed by atoms with E-state index in [1.165, 1.54) is 18.2 Å². The van der Waals surface area contributed by atoms with Crippen LogP contribution in [0, 0.1) is 0 Å². The molecule has 2 aromatic rings. The zero-order valence-electron chi connectivity index (χ0n) is 12.9. The van der Waals surface area contributed by atoms with Gasteiger partial charge in [0.15, 0.2) is 0 Å². The summed E-state index contributed by atoms with van der Waals surface area (Å²) in [5.41, 5.74) is -0.720. The second-order valence-electron chi connectivity index (χ2n) is 4.32. The molecule has 0 unspecified atom stereocenters. The first-order valence-corrected chi connectivity index (χ1v) is 6.97. The smallest absolute Gasteiger partial charge is 0.422 e. The number of carbonyl (C=O) groups is 3. The summed E-state index contributed by atoms with van der Waals surface area (Å²) in [6.07, 6.45) is 0. The minimum Gasteiger partial charge on any atom is -0.459 e. The maximum atomic E-state index is 11.9. The van der Waals surface area contributed by atoms with E-state index < -0.39 is 29.4 Å². The molecule has 0 bridgehead atoms. The molecule has 9 nitrogen and oxygen atoms in total. The van der Waals surface area contributed by atoms with Crippen LogP contribution in [0.1, 0.15) is 24.5 Å². The molecule has 9 heteroatoms. The highest BCUT2D eigenvalue weighted by Gasteiger charge is 2.19. The van der Waals surface area contributed by atoms with Crippen LogP contribution in [-0.2, 0) is 19.1 Å². The largest absolute Gasteiger partial charge is 0.459 e. The number of rotatable bonds is 4. The Hall–Kier alpha value is -3.23. The summed E-state index contributed by atoms with van der Waals surface area (Å²) in [6.45, 7) is 3.27. The lowest BCUT2D eigenvalue weighted by Crippen LogP contribution is -2.23. The van der Waals surface area contributed by atoms with Crippen molar-refractivity contribution in [3.8, 4) is 5.75 Å². The molecule has 0 spiro atoms. The lowest BCUT2D eigenvalue weighted by Gasteiger charge is -2.05. The second-order valence-corrected chi connectivity index (χ2v) is 4.32. The van der Waals surface area contributed by atoms with Crippen LogP contribution < -0.4 is 10.4 Å². The summed E-state index contributed by atoms with van der Waals surface area (Å²) in [5.74, 6) is -3.80. The highest BCUT2D eigenvalue weighted by atomic mass is 16.6. The van der Waals surface area contributed by atoms with Crippen LogP contribution in [0.5, 0.6) is 5.75 Å². The maximum Gasteiger partial charge on any atom is 0.422 e. The van der Waals surface area contributed by atoms with Gasteiger partial charge >= 0.3 is 29.4 Å². The Bertz CT molecular complexity index is 854. The van der Waals surface area contributed by atoms with Gasteiger partial charge < -0.3 is 18.6 Å². The van der Waals surface area contributed by atoms with Crippen LogP contribution in [0.3, 0.4) is 0 Å². The average molecular weight is 335 g/mol. The number of ether oxygens (including phenoxy) is 3. The molecule has 1 heterocycles. The van der Waals surface area contributed by atoms with Gasteiger partial charge in [-0.15, -0.1) is 0 Å². The first kappa shape index (κ1) is 17.1. The molecule has 0 aliphatic rings. The zero-order chi connectivity index (χ0) is 17.7. The van der Waals surface area contributed by atoms with Crippen molar-refractivity contribution in [1.82, 2.24) is 4.98 Å². The van der Waals surface area contributed by atoms with Crippen LogP contribution in [0.15, 0.2) is 27.4 Å². The van der Waals surface area contributed by atoms with E-state index in [4.69, 9.17) is 13.9 Å². The number of fused-ring (bicyclic) bond motifs is 1. The fourth-order valence-electron chi connectivity index (χ4n) is 1.73. The molecule has 1 aromatic heterocycles. The van der Waals surface area contributed by atoms with Gasteiger partial charge in [-0.3, -0.25) is 0 Å². The van der Waals surface area contributed by atoms with E-state index in [0.29, 0.717) is 0 Å². The molecule has 1 aromatic carbocycles. The monoisotopic (exact) mass is 335 g/mol. The molecule has 0 N–H and O–H groups in total. The van der Waals surface area contributed by atoms with Crippen molar-refractivity contribution in [3.63, 3.8) is 0 Å². The van der Waals surface area contributed by atoms with E-state index in [1.54, 1.807) is 13.8 Å². The highest BCUT2D eigenvalue weighted by Crippen LogP contribution is 2.18. The van der Waals surface area contributed by atoms with Crippen molar-refractivity contribution in [2.45, 2.75) is 13.8 Å². The van der Waals surface area contributed by atoms with Gasteiger partial charge in [-0.2, -0.15) is 0 Å². The summed E-state index contributed by atoms with van der Waals surface area (Å²) in [7, 11) is 0. The summed E-state index contributed by atoms with van der Waals surface area (Å²) in [4.78, 5) is 50.0. The fraction of sp³-hybridized carbons (Fsp3) is 0.267. The van der Waals surface area contributed by atoms with Crippen LogP contribution in [0.4, 0.5) is 0 Å². The normalized spacial score (nSPS) is 10.2. The molecule has 0 atom stereocenters. The number of nitrogens with zero attached hydrogens (tertiary/aromatic N) is 1. The SMILES string of the molecule is CCOC(=O)C(=O)Oc1ccc2nc(C(=O)OCC)oc(=O)c2c1. The number of hydrogen-bond donors (Lipinski definition) is 0. The molecule has 0 amide bonds. The first-order valence-electron chi connectivity index (χ1n) is 6.97. The summed E-state index contributed by atoms with van der Waals surface area (Å²) < 4.78 is 18.8. The van der Waals surface area contributed by atoms with E-state index in [2.05, 4.69) is 9.72 Å². The predicted octanol–water partition coefficient (Wildman–Crippen LogP) is 0.833. The number of esters is 3. The predicted molar refractivity (Wildman–Crippen MR) is 78.5 cm³/mol. The molecule has 126 valence electrons. The topological polar surface area (TPSA) is 122 Å².